The molecule has 6 nitrogen and oxygen atoms in total. The fourth-order valence-corrected chi connectivity index (χ4v) is 1.42. The standard InChI is InChI=1S/C10H6F3N3O3/c11-10(12,13)4-3-5(14)7(9(17)18)16-6(4)8-15-1-2-19-8/h1-3H,14H2,(H,17,18). The summed E-state index contributed by atoms with van der Waals surface area (Å²) in [5.74, 6) is -1.98. The van der Waals surface area contributed by atoms with Crippen molar-refractivity contribution in [1.29, 1.82) is 0 Å². The van der Waals surface area contributed by atoms with Gasteiger partial charge in [-0.25, -0.2) is 14.8 Å². The number of carboxylic acid groups (broad SMARTS) is 1. The first-order valence-electron chi connectivity index (χ1n) is 4.81. The van der Waals surface area contributed by atoms with Gasteiger partial charge in [-0.2, -0.15) is 13.2 Å². The van der Waals surface area contributed by atoms with E-state index in [0.29, 0.717) is 6.07 Å². The van der Waals surface area contributed by atoms with Gasteiger partial charge in [-0.05, 0) is 6.07 Å². The summed E-state index contributed by atoms with van der Waals surface area (Å²) in [5, 5.41) is 8.81. The van der Waals surface area contributed by atoms with Crippen LogP contribution in [-0.2, 0) is 6.18 Å². The Balaban J connectivity index is 2.74. The number of alkyl halides is 3. The molecule has 3 N–H and O–H groups in total. The van der Waals surface area contributed by atoms with Crippen molar-refractivity contribution in [1.82, 2.24) is 9.97 Å². The lowest BCUT2D eigenvalue weighted by atomic mass is 10.1. The normalized spacial score (nSPS) is 11.5. The molecule has 0 aliphatic carbocycles. The molecule has 0 aromatic carbocycles. The maximum atomic E-state index is 12.8. The maximum absolute atomic E-state index is 12.8. The lowest BCUT2D eigenvalue weighted by molar-refractivity contribution is -0.137. The fraction of sp³-hybridized carbons (Fsp3) is 0.100. The van der Waals surface area contributed by atoms with Crippen LogP contribution in [0.25, 0.3) is 11.6 Å². The zero-order chi connectivity index (χ0) is 14.2. The van der Waals surface area contributed by atoms with E-state index in [1.54, 1.807) is 0 Å². The van der Waals surface area contributed by atoms with Gasteiger partial charge in [-0.15, -0.1) is 0 Å². The van der Waals surface area contributed by atoms with Crippen LogP contribution in [0, 0.1) is 0 Å². The average molecular weight is 273 g/mol. The first-order valence-corrected chi connectivity index (χ1v) is 4.81. The van der Waals surface area contributed by atoms with Gasteiger partial charge in [0.15, 0.2) is 5.69 Å². The molecule has 0 saturated heterocycles. The number of nitrogens with zero attached hydrogens (tertiary/aromatic N) is 2. The minimum atomic E-state index is -4.76. The van der Waals surface area contributed by atoms with Crippen molar-refractivity contribution in [3.63, 3.8) is 0 Å². The van der Waals surface area contributed by atoms with Crippen LogP contribution in [0.2, 0.25) is 0 Å². The summed E-state index contributed by atoms with van der Waals surface area (Å²) >= 11 is 0. The first-order chi connectivity index (χ1) is 8.80. The Morgan fingerprint density at radius 1 is 1.42 bits per heavy atom. The smallest absolute Gasteiger partial charge is 0.418 e. The molecule has 2 aromatic heterocycles. The van der Waals surface area contributed by atoms with E-state index in [0.717, 1.165) is 12.5 Å². The van der Waals surface area contributed by atoms with Gasteiger partial charge >= 0.3 is 12.1 Å². The van der Waals surface area contributed by atoms with Crippen molar-refractivity contribution in [3.05, 3.63) is 29.8 Å². The summed E-state index contributed by atoms with van der Waals surface area (Å²) in [7, 11) is 0. The second-order valence-electron chi connectivity index (χ2n) is 3.46. The van der Waals surface area contributed by atoms with Crippen LogP contribution in [0.5, 0.6) is 0 Å². The van der Waals surface area contributed by atoms with Gasteiger partial charge in [0.1, 0.15) is 12.0 Å². The Labute approximate surface area is 103 Å². The molecule has 0 spiro atoms. The number of rotatable bonds is 2. The number of aromatic nitrogens is 2. The molecule has 0 fully saturated rings. The van der Waals surface area contributed by atoms with Crippen molar-refractivity contribution < 1.29 is 27.5 Å². The van der Waals surface area contributed by atoms with Crippen molar-refractivity contribution in [2.75, 3.05) is 5.73 Å². The Morgan fingerprint density at radius 2 is 2.11 bits per heavy atom. The van der Waals surface area contributed by atoms with E-state index in [2.05, 4.69) is 9.97 Å². The van der Waals surface area contributed by atoms with E-state index < -0.39 is 40.7 Å². The predicted molar refractivity (Wildman–Crippen MR) is 56.1 cm³/mol. The Kier molecular flexibility index (Phi) is 2.89. The van der Waals surface area contributed by atoms with E-state index in [4.69, 9.17) is 15.3 Å². The van der Waals surface area contributed by atoms with E-state index in [1.165, 1.54) is 0 Å². The predicted octanol–water partition coefficient (Wildman–Crippen LogP) is 2.04. The number of carboxylic acids is 1. The Bertz CT molecular complexity index is 623. The summed E-state index contributed by atoms with van der Waals surface area (Å²) < 4.78 is 43.2. The molecule has 0 bridgehead atoms. The van der Waals surface area contributed by atoms with Gasteiger partial charge < -0.3 is 15.3 Å². The van der Waals surface area contributed by atoms with Crippen LogP contribution in [0.3, 0.4) is 0 Å². The Morgan fingerprint density at radius 3 is 2.58 bits per heavy atom. The average Bonchev–Trinajstić information content (AvgIpc) is 2.80. The van der Waals surface area contributed by atoms with Gasteiger partial charge in [0.25, 0.3) is 0 Å². The second-order valence-corrected chi connectivity index (χ2v) is 3.46. The minimum Gasteiger partial charge on any atom is -0.476 e. The topological polar surface area (TPSA) is 102 Å². The third-order valence-corrected chi connectivity index (χ3v) is 2.19. The molecule has 19 heavy (non-hydrogen) atoms. The molecule has 0 aliphatic heterocycles. The largest absolute Gasteiger partial charge is 0.476 e. The number of oxazole rings is 1. The van der Waals surface area contributed by atoms with E-state index in [-0.39, 0.29) is 0 Å². The molecular formula is C10H6F3N3O3. The van der Waals surface area contributed by atoms with Crippen LogP contribution in [-0.4, -0.2) is 21.0 Å². The number of pyridine rings is 1. The minimum absolute atomic E-state index is 0.435. The molecule has 0 radical (unpaired) electrons. The van der Waals surface area contributed by atoms with Crippen LogP contribution in [0.15, 0.2) is 22.9 Å². The summed E-state index contributed by atoms with van der Waals surface area (Å²) in [5.41, 5.74) is 2.04. The highest BCUT2D eigenvalue weighted by atomic mass is 19.4. The number of aromatic carboxylic acids is 1. The SMILES string of the molecule is Nc1cc(C(F)(F)F)c(-c2ncco2)nc1C(=O)O. The number of hydrogen-bond acceptors (Lipinski definition) is 5. The molecular weight excluding hydrogens is 267 g/mol. The number of carbonyl (C=O) groups is 1. The zero-order valence-corrected chi connectivity index (χ0v) is 9.10. The summed E-state index contributed by atoms with van der Waals surface area (Å²) in [4.78, 5) is 17.7. The number of halogens is 3. The molecule has 2 aromatic rings. The van der Waals surface area contributed by atoms with Crippen molar-refractivity contribution in [2.24, 2.45) is 0 Å². The lowest BCUT2D eigenvalue weighted by Gasteiger charge is -2.12. The molecule has 2 heterocycles. The molecule has 0 amide bonds. The van der Waals surface area contributed by atoms with Gasteiger partial charge in [0, 0.05) is 0 Å². The fourth-order valence-electron chi connectivity index (χ4n) is 1.42. The van der Waals surface area contributed by atoms with Crippen LogP contribution < -0.4 is 5.73 Å². The van der Waals surface area contributed by atoms with E-state index in [1.807, 2.05) is 0 Å². The molecule has 0 atom stereocenters. The summed E-state index contributed by atoms with van der Waals surface area (Å²) in [6.07, 6.45) is -2.59. The van der Waals surface area contributed by atoms with Crippen LogP contribution in [0.4, 0.5) is 18.9 Å². The Hall–Kier alpha value is -2.58. The molecule has 9 heteroatoms. The maximum Gasteiger partial charge on any atom is 0.418 e. The summed E-state index contributed by atoms with van der Waals surface area (Å²) in [6.45, 7) is 0. The van der Waals surface area contributed by atoms with Gasteiger partial charge in [-0.1, -0.05) is 0 Å². The molecule has 0 saturated carbocycles. The highest BCUT2D eigenvalue weighted by Crippen LogP contribution is 2.37. The molecule has 100 valence electrons. The highest BCUT2D eigenvalue weighted by Gasteiger charge is 2.37. The quantitative estimate of drug-likeness (QED) is 0.867. The molecule has 0 unspecified atom stereocenters. The number of nitrogens with two attached hydrogens (primary N) is 1. The van der Waals surface area contributed by atoms with Gasteiger partial charge in [0.05, 0.1) is 17.4 Å². The van der Waals surface area contributed by atoms with Crippen LogP contribution in [0.1, 0.15) is 16.1 Å². The van der Waals surface area contributed by atoms with E-state index in [9.17, 15) is 18.0 Å². The molecule has 2 rings (SSSR count). The van der Waals surface area contributed by atoms with Crippen molar-refractivity contribution in [2.45, 2.75) is 6.18 Å². The number of nitrogen functional groups attached to an aromatic ring is 1. The number of hydrogen-bond donors (Lipinski definition) is 2. The third-order valence-electron chi connectivity index (χ3n) is 2.19. The summed E-state index contributed by atoms with van der Waals surface area (Å²) in [6, 6.07) is 0.496. The molecule has 0 aliphatic rings. The zero-order valence-electron chi connectivity index (χ0n) is 9.10. The van der Waals surface area contributed by atoms with Crippen molar-refractivity contribution >= 4 is 11.7 Å². The third kappa shape index (κ3) is 2.34. The first kappa shape index (κ1) is 12.9. The lowest BCUT2D eigenvalue weighted by Crippen LogP contribution is -2.14. The number of anilines is 1. The van der Waals surface area contributed by atoms with Crippen molar-refractivity contribution in [3.8, 4) is 11.6 Å². The van der Waals surface area contributed by atoms with Gasteiger partial charge in [0.2, 0.25) is 5.89 Å². The second kappa shape index (κ2) is 4.26. The van der Waals surface area contributed by atoms with Crippen LogP contribution >= 0.6 is 0 Å². The van der Waals surface area contributed by atoms with E-state index >= 15 is 0 Å². The highest BCUT2D eigenvalue weighted by molar-refractivity contribution is 5.92. The monoisotopic (exact) mass is 273 g/mol. The van der Waals surface area contributed by atoms with Gasteiger partial charge in [-0.3, -0.25) is 0 Å².